The first-order valence-corrected chi connectivity index (χ1v) is 12.2. The number of hydrogen-bond acceptors (Lipinski definition) is 9. The SMILES string of the molecule is Nc1ncnc2c1nc(Cl)n2C1CCC(COP(NCC=O)Oc2cccc3ccccc23)O1. The van der Waals surface area contributed by atoms with Crippen LogP contribution in [0.4, 0.5) is 5.82 Å². The third-order valence-corrected chi connectivity index (χ3v) is 6.90. The Labute approximate surface area is 201 Å². The maximum atomic E-state index is 10.9. The van der Waals surface area contributed by atoms with E-state index in [-0.39, 0.29) is 36.6 Å². The van der Waals surface area contributed by atoms with Crippen molar-refractivity contribution in [1.82, 2.24) is 24.6 Å². The molecule has 10 nitrogen and oxygen atoms in total. The van der Waals surface area contributed by atoms with Crippen molar-refractivity contribution in [3.05, 3.63) is 54.1 Å². The molecule has 1 fully saturated rings. The van der Waals surface area contributed by atoms with E-state index in [4.69, 9.17) is 31.1 Å². The minimum atomic E-state index is -1.57. The maximum Gasteiger partial charge on any atom is 0.318 e. The number of nitrogens with zero attached hydrogens (tertiary/aromatic N) is 4. The highest BCUT2D eigenvalue weighted by Crippen LogP contribution is 2.40. The molecule has 1 saturated heterocycles. The summed E-state index contributed by atoms with van der Waals surface area (Å²) in [6.45, 7) is 0.391. The number of carbonyl (C=O) groups is 1. The van der Waals surface area contributed by atoms with E-state index in [9.17, 15) is 4.79 Å². The zero-order valence-electron chi connectivity index (χ0n) is 18.0. The molecule has 3 heterocycles. The molecule has 3 N–H and O–H groups in total. The molecule has 4 aromatic rings. The van der Waals surface area contributed by atoms with Gasteiger partial charge in [0, 0.05) is 5.39 Å². The number of nitrogens with two attached hydrogens (primary N) is 1. The fraction of sp³-hybridized carbons (Fsp3) is 0.273. The Hall–Kier alpha value is -2.88. The second-order valence-electron chi connectivity index (χ2n) is 7.62. The third-order valence-electron chi connectivity index (χ3n) is 5.45. The highest BCUT2D eigenvalue weighted by Gasteiger charge is 2.31. The molecule has 0 amide bonds. The van der Waals surface area contributed by atoms with Gasteiger partial charge in [0.1, 0.15) is 24.6 Å². The normalized spacial score (nSPS) is 19.0. The van der Waals surface area contributed by atoms with Crippen molar-refractivity contribution < 1.29 is 18.6 Å². The van der Waals surface area contributed by atoms with Crippen LogP contribution in [0.1, 0.15) is 19.1 Å². The highest BCUT2D eigenvalue weighted by atomic mass is 35.5. The zero-order valence-corrected chi connectivity index (χ0v) is 19.7. The number of benzene rings is 2. The molecule has 3 atom stereocenters. The molecule has 0 bridgehead atoms. The molecule has 0 radical (unpaired) electrons. The number of aldehydes is 1. The number of nitrogens with one attached hydrogen (secondary N) is 1. The van der Waals surface area contributed by atoms with Crippen LogP contribution in [0.5, 0.6) is 5.75 Å². The van der Waals surface area contributed by atoms with Crippen LogP contribution in [0.2, 0.25) is 5.28 Å². The van der Waals surface area contributed by atoms with E-state index in [0.717, 1.165) is 23.5 Å². The van der Waals surface area contributed by atoms with E-state index in [1.165, 1.54) is 6.33 Å². The number of anilines is 1. The molecule has 176 valence electrons. The molecule has 1 aliphatic heterocycles. The van der Waals surface area contributed by atoms with Crippen molar-refractivity contribution in [2.75, 3.05) is 18.9 Å². The van der Waals surface area contributed by atoms with Gasteiger partial charge >= 0.3 is 8.53 Å². The van der Waals surface area contributed by atoms with E-state index >= 15 is 0 Å². The Morgan fingerprint density at radius 3 is 2.97 bits per heavy atom. The predicted molar refractivity (Wildman–Crippen MR) is 129 cm³/mol. The van der Waals surface area contributed by atoms with Gasteiger partial charge in [-0.15, -0.1) is 0 Å². The molecule has 0 spiro atoms. The van der Waals surface area contributed by atoms with E-state index in [2.05, 4.69) is 20.0 Å². The lowest BCUT2D eigenvalue weighted by molar-refractivity contribution is -0.106. The molecule has 2 aromatic heterocycles. The Morgan fingerprint density at radius 1 is 1.24 bits per heavy atom. The Bertz CT molecular complexity index is 1320. The van der Waals surface area contributed by atoms with E-state index in [1.54, 1.807) is 4.57 Å². The number of imidazole rings is 1. The van der Waals surface area contributed by atoms with Crippen LogP contribution in [0, 0.1) is 0 Å². The first-order chi connectivity index (χ1) is 16.6. The number of carbonyl (C=O) groups excluding carboxylic acids is 1. The second kappa shape index (κ2) is 10.2. The number of halogens is 1. The summed E-state index contributed by atoms with van der Waals surface area (Å²) >= 11 is 6.35. The van der Waals surface area contributed by atoms with Crippen LogP contribution < -0.4 is 15.3 Å². The molecule has 34 heavy (non-hydrogen) atoms. The van der Waals surface area contributed by atoms with Gasteiger partial charge in [0.15, 0.2) is 17.0 Å². The molecule has 5 rings (SSSR count). The Balaban J connectivity index is 1.26. The van der Waals surface area contributed by atoms with Crippen LogP contribution >= 0.6 is 20.1 Å². The van der Waals surface area contributed by atoms with Crippen molar-refractivity contribution in [3.63, 3.8) is 0 Å². The number of aromatic nitrogens is 4. The molecular formula is C22H22ClN6O4P. The molecule has 1 aliphatic rings. The Kier molecular flexibility index (Phi) is 6.85. The maximum absolute atomic E-state index is 10.9. The van der Waals surface area contributed by atoms with Crippen molar-refractivity contribution in [2.45, 2.75) is 25.2 Å². The number of ether oxygens (including phenoxy) is 1. The standard InChI is InChI=1S/C22H22ClN6O4P/c23-22-28-19-20(24)25-13-26-21(19)29(22)18-9-8-15(32-18)12-31-34(27-10-11-30)33-17-7-3-5-14-4-1-2-6-16(14)17/h1-7,11,13,15,18,27H,8-10,12H2,(H2,24,25,26). The lowest BCUT2D eigenvalue weighted by Gasteiger charge is -2.21. The van der Waals surface area contributed by atoms with Gasteiger partial charge in [0.2, 0.25) is 5.28 Å². The molecule has 12 heteroatoms. The average Bonchev–Trinajstić information content (AvgIpc) is 3.45. The zero-order chi connectivity index (χ0) is 23.5. The molecule has 3 unspecified atom stereocenters. The lowest BCUT2D eigenvalue weighted by atomic mass is 10.1. The van der Waals surface area contributed by atoms with Crippen LogP contribution in [0.15, 0.2) is 48.8 Å². The van der Waals surface area contributed by atoms with Gasteiger partial charge in [-0.05, 0) is 35.9 Å². The summed E-state index contributed by atoms with van der Waals surface area (Å²) in [4.78, 5) is 23.4. The topological polar surface area (TPSA) is 126 Å². The van der Waals surface area contributed by atoms with E-state index in [1.807, 2.05) is 42.5 Å². The smallest absolute Gasteiger partial charge is 0.318 e. The van der Waals surface area contributed by atoms with Gasteiger partial charge in [-0.1, -0.05) is 36.4 Å². The Morgan fingerprint density at radius 2 is 2.09 bits per heavy atom. The first-order valence-electron chi connectivity index (χ1n) is 10.7. The van der Waals surface area contributed by atoms with Crippen molar-refractivity contribution in [3.8, 4) is 5.75 Å². The summed E-state index contributed by atoms with van der Waals surface area (Å²) < 4.78 is 20.1. The fourth-order valence-corrected chi connectivity index (χ4v) is 5.23. The van der Waals surface area contributed by atoms with Crippen LogP contribution in [-0.4, -0.2) is 45.1 Å². The van der Waals surface area contributed by atoms with Gasteiger partial charge < -0.3 is 24.3 Å². The van der Waals surface area contributed by atoms with Crippen LogP contribution in [-0.2, 0) is 14.1 Å². The fourth-order valence-electron chi connectivity index (χ4n) is 3.89. The minimum Gasteiger partial charge on any atom is -0.435 e. The highest BCUT2D eigenvalue weighted by molar-refractivity contribution is 7.45. The summed E-state index contributed by atoms with van der Waals surface area (Å²) in [6.07, 6.45) is 3.04. The molecule has 2 aromatic carbocycles. The number of hydrogen-bond donors (Lipinski definition) is 2. The van der Waals surface area contributed by atoms with Gasteiger partial charge in [-0.25, -0.2) is 20.0 Å². The van der Waals surface area contributed by atoms with Gasteiger partial charge in [0.25, 0.3) is 0 Å². The number of fused-ring (bicyclic) bond motifs is 2. The van der Waals surface area contributed by atoms with Crippen molar-refractivity contribution in [1.29, 1.82) is 0 Å². The monoisotopic (exact) mass is 500 g/mol. The summed E-state index contributed by atoms with van der Waals surface area (Å²) in [6, 6.07) is 13.7. The molecular weight excluding hydrogens is 479 g/mol. The van der Waals surface area contributed by atoms with Gasteiger partial charge in [0.05, 0.1) is 19.3 Å². The van der Waals surface area contributed by atoms with Gasteiger partial charge in [-0.3, -0.25) is 4.57 Å². The molecule has 0 aliphatic carbocycles. The quantitative estimate of drug-likeness (QED) is 0.199. The van der Waals surface area contributed by atoms with Crippen LogP contribution in [0.3, 0.4) is 0 Å². The first kappa shape index (κ1) is 22.9. The predicted octanol–water partition coefficient (Wildman–Crippen LogP) is 4.00. The van der Waals surface area contributed by atoms with E-state index in [0.29, 0.717) is 23.3 Å². The van der Waals surface area contributed by atoms with Crippen molar-refractivity contribution in [2.24, 2.45) is 0 Å². The van der Waals surface area contributed by atoms with Crippen molar-refractivity contribution >= 4 is 54.2 Å². The summed E-state index contributed by atoms with van der Waals surface area (Å²) in [5.74, 6) is 0.947. The summed E-state index contributed by atoms with van der Waals surface area (Å²) in [5, 5.41) is 5.28. The molecule has 0 saturated carbocycles. The van der Waals surface area contributed by atoms with Crippen LogP contribution in [0.25, 0.3) is 21.9 Å². The largest absolute Gasteiger partial charge is 0.435 e. The summed E-state index contributed by atoms with van der Waals surface area (Å²) in [7, 11) is -1.57. The second-order valence-corrected chi connectivity index (χ2v) is 9.23. The minimum absolute atomic E-state index is 0.113. The lowest BCUT2D eigenvalue weighted by Crippen LogP contribution is -2.20. The van der Waals surface area contributed by atoms with E-state index < -0.39 is 8.53 Å². The number of nitrogen functional groups attached to an aromatic ring is 1. The van der Waals surface area contributed by atoms with Gasteiger partial charge in [-0.2, -0.15) is 0 Å². The average molecular weight is 501 g/mol. The number of rotatable bonds is 9. The summed E-state index contributed by atoms with van der Waals surface area (Å²) in [5.41, 5.74) is 6.86. The third kappa shape index (κ3) is 4.68.